The molecule has 2 fully saturated rings. The topological polar surface area (TPSA) is 87.9 Å². The predicted octanol–water partition coefficient (Wildman–Crippen LogP) is -1.50. The Bertz CT molecular complexity index is 426. The fraction of sp³-hybridized carbons (Fsp3) is 0.636. The Kier molecular flexibility index (Phi) is 3.40. The van der Waals surface area contributed by atoms with Gasteiger partial charge in [0.1, 0.15) is 0 Å². The summed E-state index contributed by atoms with van der Waals surface area (Å²) in [7, 11) is -1.53. The molecule has 19 heavy (non-hydrogen) atoms. The molecule has 0 atom stereocenters. The number of aromatic nitrogens is 2. The fourth-order valence-electron chi connectivity index (χ4n) is 2.46. The highest BCUT2D eigenvalue weighted by Gasteiger charge is 2.40. The number of anilines is 1. The zero-order valence-electron chi connectivity index (χ0n) is 10.5. The lowest BCUT2D eigenvalue weighted by Crippen LogP contribution is -2.46. The number of rotatable bonds is 2. The SMILES string of the molecule is OB(O)c1cnc(N2CCC3(CC2)OCCO3)nc1. The van der Waals surface area contributed by atoms with Crippen LogP contribution in [-0.2, 0) is 9.47 Å². The van der Waals surface area contributed by atoms with Gasteiger partial charge in [0.2, 0.25) is 5.95 Å². The van der Waals surface area contributed by atoms with Crippen LogP contribution in [0.3, 0.4) is 0 Å². The van der Waals surface area contributed by atoms with Gasteiger partial charge in [-0.05, 0) is 0 Å². The smallest absolute Gasteiger partial charge is 0.423 e. The van der Waals surface area contributed by atoms with Crippen molar-refractivity contribution in [3.05, 3.63) is 12.4 Å². The van der Waals surface area contributed by atoms with Gasteiger partial charge in [-0.15, -0.1) is 0 Å². The van der Waals surface area contributed by atoms with E-state index in [2.05, 4.69) is 9.97 Å². The lowest BCUT2D eigenvalue weighted by atomic mass is 9.83. The first-order chi connectivity index (χ1) is 9.19. The van der Waals surface area contributed by atoms with E-state index >= 15 is 0 Å². The number of hydrogen-bond donors (Lipinski definition) is 2. The third-order valence-electron chi connectivity index (χ3n) is 3.58. The normalized spacial score (nSPS) is 21.9. The third kappa shape index (κ3) is 2.57. The van der Waals surface area contributed by atoms with Crippen molar-refractivity contribution < 1.29 is 19.5 Å². The van der Waals surface area contributed by atoms with Crippen LogP contribution in [0.15, 0.2) is 12.4 Å². The Balaban J connectivity index is 1.64. The van der Waals surface area contributed by atoms with Crippen LogP contribution in [0.25, 0.3) is 0 Å². The predicted molar refractivity (Wildman–Crippen MR) is 67.9 cm³/mol. The molecule has 3 rings (SSSR count). The van der Waals surface area contributed by atoms with Gasteiger partial charge < -0.3 is 24.4 Å². The molecule has 1 aromatic rings. The van der Waals surface area contributed by atoms with E-state index < -0.39 is 12.9 Å². The minimum absolute atomic E-state index is 0.291. The maximum atomic E-state index is 8.99. The molecule has 102 valence electrons. The van der Waals surface area contributed by atoms with Gasteiger partial charge in [-0.25, -0.2) is 9.97 Å². The van der Waals surface area contributed by atoms with Gasteiger partial charge in [-0.3, -0.25) is 0 Å². The van der Waals surface area contributed by atoms with Crippen LogP contribution in [0, 0.1) is 0 Å². The van der Waals surface area contributed by atoms with E-state index in [0.29, 0.717) is 24.6 Å². The van der Waals surface area contributed by atoms with Gasteiger partial charge in [0.05, 0.1) is 13.2 Å². The van der Waals surface area contributed by atoms with Crippen LogP contribution >= 0.6 is 0 Å². The van der Waals surface area contributed by atoms with E-state index in [-0.39, 0.29) is 0 Å². The molecule has 3 heterocycles. The number of ether oxygens (including phenoxy) is 2. The van der Waals surface area contributed by atoms with Crippen LogP contribution in [0.1, 0.15) is 12.8 Å². The van der Waals surface area contributed by atoms with Crippen molar-refractivity contribution in [3.8, 4) is 0 Å². The molecule has 1 aromatic heterocycles. The number of hydrogen-bond acceptors (Lipinski definition) is 7. The highest BCUT2D eigenvalue weighted by atomic mass is 16.7. The van der Waals surface area contributed by atoms with Gasteiger partial charge in [-0.2, -0.15) is 0 Å². The minimum atomic E-state index is -1.53. The molecule has 7 nitrogen and oxygen atoms in total. The van der Waals surface area contributed by atoms with Crippen LogP contribution in [0.4, 0.5) is 5.95 Å². The molecule has 2 N–H and O–H groups in total. The molecule has 8 heteroatoms. The van der Waals surface area contributed by atoms with E-state index in [1.807, 2.05) is 4.90 Å². The van der Waals surface area contributed by atoms with Crippen molar-refractivity contribution in [1.29, 1.82) is 0 Å². The average Bonchev–Trinajstić information content (AvgIpc) is 2.88. The standard InChI is InChI=1S/C11H16BN3O4/c16-12(17)9-7-13-10(14-8-9)15-3-1-11(2-4-15)18-5-6-19-11/h7-8,16-17H,1-6H2. The summed E-state index contributed by atoms with van der Waals surface area (Å²) in [6.07, 6.45) is 4.45. The first-order valence-corrected chi connectivity index (χ1v) is 6.39. The second-order valence-electron chi connectivity index (χ2n) is 4.78. The largest absolute Gasteiger partial charge is 0.491 e. The molecule has 0 amide bonds. The quantitative estimate of drug-likeness (QED) is 0.629. The Morgan fingerprint density at radius 1 is 1.11 bits per heavy atom. The average molecular weight is 265 g/mol. The summed E-state index contributed by atoms with van der Waals surface area (Å²) < 4.78 is 11.3. The van der Waals surface area contributed by atoms with Crippen molar-refractivity contribution in [2.24, 2.45) is 0 Å². The van der Waals surface area contributed by atoms with Crippen LogP contribution in [0.2, 0.25) is 0 Å². The van der Waals surface area contributed by atoms with Crippen molar-refractivity contribution >= 4 is 18.5 Å². The zero-order valence-corrected chi connectivity index (χ0v) is 10.5. The van der Waals surface area contributed by atoms with E-state index in [9.17, 15) is 0 Å². The van der Waals surface area contributed by atoms with Gasteiger partial charge in [0.25, 0.3) is 0 Å². The van der Waals surface area contributed by atoms with E-state index in [1.54, 1.807) is 0 Å². The Morgan fingerprint density at radius 2 is 1.68 bits per heavy atom. The summed E-state index contributed by atoms with van der Waals surface area (Å²) >= 11 is 0. The molecule has 0 radical (unpaired) electrons. The van der Waals surface area contributed by atoms with E-state index in [4.69, 9.17) is 19.5 Å². The summed E-state index contributed by atoms with van der Waals surface area (Å²) in [5, 5.41) is 18.0. The molecule has 0 aromatic carbocycles. The first-order valence-electron chi connectivity index (χ1n) is 6.39. The second-order valence-corrected chi connectivity index (χ2v) is 4.78. The van der Waals surface area contributed by atoms with Gasteiger partial charge >= 0.3 is 7.12 Å². The molecule has 0 unspecified atom stereocenters. The summed E-state index contributed by atoms with van der Waals surface area (Å²) in [5.41, 5.74) is 0.291. The fourth-order valence-corrected chi connectivity index (χ4v) is 2.46. The maximum Gasteiger partial charge on any atom is 0.491 e. The van der Waals surface area contributed by atoms with Crippen molar-refractivity contribution in [1.82, 2.24) is 9.97 Å². The van der Waals surface area contributed by atoms with Crippen LogP contribution in [0.5, 0.6) is 0 Å². The summed E-state index contributed by atoms with van der Waals surface area (Å²) in [4.78, 5) is 10.3. The lowest BCUT2D eigenvalue weighted by molar-refractivity contribution is -0.169. The van der Waals surface area contributed by atoms with Crippen molar-refractivity contribution in [2.75, 3.05) is 31.2 Å². The molecule has 0 aliphatic carbocycles. The first kappa shape index (κ1) is 12.8. The Labute approximate surface area is 111 Å². The minimum Gasteiger partial charge on any atom is -0.423 e. The van der Waals surface area contributed by atoms with Crippen LogP contribution < -0.4 is 10.4 Å². The maximum absolute atomic E-state index is 8.99. The third-order valence-corrected chi connectivity index (χ3v) is 3.58. The highest BCUT2D eigenvalue weighted by Crippen LogP contribution is 2.31. The summed E-state index contributed by atoms with van der Waals surface area (Å²) in [5.74, 6) is 0.190. The molecular formula is C11H16BN3O4. The van der Waals surface area contributed by atoms with Gasteiger partial charge in [0.15, 0.2) is 5.79 Å². The van der Waals surface area contributed by atoms with Gasteiger partial charge in [0, 0.05) is 43.8 Å². The molecule has 2 saturated heterocycles. The van der Waals surface area contributed by atoms with Crippen molar-refractivity contribution in [2.45, 2.75) is 18.6 Å². The van der Waals surface area contributed by atoms with E-state index in [0.717, 1.165) is 25.9 Å². The summed E-state index contributed by atoms with van der Waals surface area (Å²) in [6.45, 7) is 2.86. The monoisotopic (exact) mass is 265 g/mol. The molecule has 2 aliphatic rings. The molecule has 2 aliphatic heterocycles. The Morgan fingerprint density at radius 3 is 2.21 bits per heavy atom. The number of piperidine rings is 1. The van der Waals surface area contributed by atoms with Crippen molar-refractivity contribution in [3.63, 3.8) is 0 Å². The van der Waals surface area contributed by atoms with Crippen LogP contribution in [-0.4, -0.2) is 59.2 Å². The second kappa shape index (κ2) is 5.05. The molecular weight excluding hydrogens is 249 g/mol. The molecule has 0 bridgehead atoms. The molecule has 0 saturated carbocycles. The Hall–Kier alpha value is -1.22. The number of nitrogens with zero attached hydrogens (tertiary/aromatic N) is 3. The van der Waals surface area contributed by atoms with E-state index in [1.165, 1.54) is 12.4 Å². The zero-order chi connectivity index (χ0) is 13.3. The lowest BCUT2D eigenvalue weighted by Gasteiger charge is -2.37. The van der Waals surface area contributed by atoms with Gasteiger partial charge in [-0.1, -0.05) is 0 Å². The highest BCUT2D eigenvalue weighted by molar-refractivity contribution is 6.58. The summed E-state index contributed by atoms with van der Waals surface area (Å²) in [6, 6.07) is 0. The molecule has 1 spiro atoms.